The maximum Gasteiger partial charge on any atom is 0.257 e. The Hall–Kier alpha value is -0.480. The van der Waals surface area contributed by atoms with Gasteiger partial charge in [-0.3, -0.25) is 0 Å². The van der Waals surface area contributed by atoms with Gasteiger partial charge in [-0.05, 0) is 17.8 Å². The second kappa shape index (κ2) is 7.77. The molecule has 0 unspecified atom stereocenters. The summed E-state index contributed by atoms with van der Waals surface area (Å²) in [6.45, 7) is 0.653. The Kier molecular flexibility index (Phi) is 6.66. The molecule has 92 valence electrons. The molecule has 1 aromatic carbocycles. The zero-order valence-corrected chi connectivity index (χ0v) is 11.8. The summed E-state index contributed by atoms with van der Waals surface area (Å²) in [4.78, 5) is 0. The van der Waals surface area contributed by atoms with Crippen molar-refractivity contribution in [1.29, 1.82) is 0 Å². The van der Waals surface area contributed by atoms with E-state index in [0.717, 1.165) is 5.56 Å². The molecule has 1 rings (SSSR count). The van der Waals surface area contributed by atoms with Crippen LogP contribution in [0.4, 0.5) is 0 Å². The first-order chi connectivity index (χ1) is 8.09. The van der Waals surface area contributed by atoms with Crippen molar-refractivity contribution in [2.24, 2.45) is 0 Å². The SMILES string of the molecule is S=C(NCc1ccccc1)OCC(Cl)=C(Cl)Cl. The van der Waals surface area contributed by atoms with Crippen LogP contribution in [-0.2, 0) is 11.3 Å². The second-order valence-corrected chi connectivity index (χ2v) is 4.86. The Balaban J connectivity index is 2.29. The van der Waals surface area contributed by atoms with Crippen LogP contribution < -0.4 is 5.32 Å². The molecule has 0 saturated heterocycles. The number of benzene rings is 1. The molecule has 0 amide bonds. The predicted molar refractivity (Wildman–Crippen MR) is 76.4 cm³/mol. The van der Waals surface area contributed by atoms with Gasteiger partial charge >= 0.3 is 0 Å². The molecular formula is C11H10Cl3NOS. The van der Waals surface area contributed by atoms with Crippen molar-refractivity contribution in [3.63, 3.8) is 0 Å². The lowest BCUT2D eigenvalue weighted by Crippen LogP contribution is -2.23. The van der Waals surface area contributed by atoms with E-state index in [-0.39, 0.29) is 21.3 Å². The van der Waals surface area contributed by atoms with E-state index >= 15 is 0 Å². The van der Waals surface area contributed by atoms with Crippen LogP contribution in [0.15, 0.2) is 39.9 Å². The summed E-state index contributed by atoms with van der Waals surface area (Å²) < 4.78 is 5.13. The van der Waals surface area contributed by atoms with Crippen molar-refractivity contribution < 1.29 is 4.74 Å². The molecule has 0 radical (unpaired) electrons. The van der Waals surface area contributed by atoms with Gasteiger partial charge in [0.25, 0.3) is 5.17 Å². The van der Waals surface area contributed by atoms with Gasteiger partial charge in [0.05, 0.1) is 5.03 Å². The van der Waals surface area contributed by atoms with Crippen molar-refractivity contribution in [2.75, 3.05) is 6.61 Å². The van der Waals surface area contributed by atoms with Gasteiger partial charge in [0, 0.05) is 6.54 Å². The molecular weight excluding hydrogens is 301 g/mol. The second-order valence-electron chi connectivity index (χ2n) is 3.08. The lowest BCUT2D eigenvalue weighted by molar-refractivity contribution is 0.338. The van der Waals surface area contributed by atoms with Crippen LogP contribution in [0.25, 0.3) is 0 Å². The Morgan fingerprint density at radius 3 is 2.41 bits per heavy atom. The molecule has 0 bridgehead atoms. The third-order valence-electron chi connectivity index (χ3n) is 1.81. The van der Waals surface area contributed by atoms with Crippen LogP contribution in [0.2, 0.25) is 0 Å². The fourth-order valence-corrected chi connectivity index (χ4v) is 1.30. The zero-order valence-electron chi connectivity index (χ0n) is 8.75. The first-order valence-electron chi connectivity index (χ1n) is 4.74. The summed E-state index contributed by atoms with van der Waals surface area (Å²) in [6.07, 6.45) is 0. The topological polar surface area (TPSA) is 21.3 Å². The Morgan fingerprint density at radius 2 is 1.82 bits per heavy atom. The molecule has 6 heteroatoms. The highest BCUT2D eigenvalue weighted by Gasteiger charge is 2.02. The van der Waals surface area contributed by atoms with Gasteiger partial charge in [-0.15, -0.1) is 0 Å². The lowest BCUT2D eigenvalue weighted by atomic mass is 10.2. The molecule has 1 N–H and O–H groups in total. The fourth-order valence-electron chi connectivity index (χ4n) is 1.00. The van der Waals surface area contributed by atoms with E-state index in [4.69, 9.17) is 51.8 Å². The van der Waals surface area contributed by atoms with E-state index in [0.29, 0.717) is 6.54 Å². The van der Waals surface area contributed by atoms with Gasteiger partial charge < -0.3 is 10.1 Å². The van der Waals surface area contributed by atoms with Crippen LogP contribution in [0.3, 0.4) is 0 Å². The third kappa shape index (κ3) is 6.13. The van der Waals surface area contributed by atoms with Crippen LogP contribution >= 0.6 is 47.0 Å². The average molecular weight is 311 g/mol. The number of hydrogen-bond donors (Lipinski definition) is 1. The van der Waals surface area contributed by atoms with E-state index in [9.17, 15) is 0 Å². The Morgan fingerprint density at radius 1 is 1.18 bits per heavy atom. The van der Waals surface area contributed by atoms with E-state index in [1.54, 1.807) is 0 Å². The minimum Gasteiger partial charge on any atom is -0.465 e. The summed E-state index contributed by atoms with van der Waals surface area (Å²) in [6, 6.07) is 9.82. The van der Waals surface area contributed by atoms with E-state index in [1.807, 2.05) is 30.3 Å². The minimum absolute atomic E-state index is 0.0162. The number of rotatable bonds is 4. The summed E-state index contributed by atoms with van der Waals surface area (Å²) in [5, 5.41) is 3.41. The minimum atomic E-state index is -0.0162. The number of thiocarbonyl (C=S) groups is 1. The molecule has 0 heterocycles. The average Bonchev–Trinajstić information content (AvgIpc) is 2.34. The van der Waals surface area contributed by atoms with Crippen molar-refractivity contribution in [2.45, 2.75) is 6.54 Å². The largest absolute Gasteiger partial charge is 0.465 e. The number of halogens is 3. The van der Waals surface area contributed by atoms with Gasteiger partial charge in [0.15, 0.2) is 0 Å². The summed E-state index contributed by atoms with van der Waals surface area (Å²) in [5.74, 6) is 0. The van der Waals surface area contributed by atoms with Gasteiger partial charge in [-0.1, -0.05) is 65.1 Å². The highest BCUT2D eigenvalue weighted by Crippen LogP contribution is 2.17. The number of ether oxygens (including phenoxy) is 1. The Labute approximate surface area is 120 Å². The highest BCUT2D eigenvalue weighted by molar-refractivity contribution is 7.80. The predicted octanol–water partition coefficient (Wildman–Crippen LogP) is 3.96. The molecule has 0 fully saturated rings. The molecule has 0 aliphatic heterocycles. The smallest absolute Gasteiger partial charge is 0.257 e. The lowest BCUT2D eigenvalue weighted by Gasteiger charge is -2.09. The molecule has 1 aromatic rings. The molecule has 17 heavy (non-hydrogen) atoms. The van der Waals surface area contributed by atoms with Crippen molar-refractivity contribution >= 4 is 52.2 Å². The number of nitrogens with one attached hydrogen (secondary N) is 1. The van der Waals surface area contributed by atoms with Crippen LogP contribution in [0.1, 0.15) is 5.56 Å². The van der Waals surface area contributed by atoms with Crippen molar-refractivity contribution in [1.82, 2.24) is 5.32 Å². The first kappa shape index (κ1) is 14.6. The summed E-state index contributed by atoms with van der Waals surface area (Å²) in [7, 11) is 0. The Bertz CT molecular complexity index is 404. The van der Waals surface area contributed by atoms with Gasteiger partial charge in [0.1, 0.15) is 11.1 Å². The van der Waals surface area contributed by atoms with Gasteiger partial charge in [-0.2, -0.15) is 0 Å². The number of hydrogen-bond acceptors (Lipinski definition) is 2. The van der Waals surface area contributed by atoms with Crippen molar-refractivity contribution in [3.8, 4) is 0 Å². The fraction of sp³-hybridized carbons (Fsp3) is 0.182. The standard InChI is InChI=1S/C11H10Cl3NOS/c12-9(10(13)14)7-16-11(17)15-6-8-4-2-1-3-5-8/h1-5H,6-7H2,(H,15,17). The molecule has 0 aliphatic carbocycles. The summed E-state index contributed by atoms with van der Waals surface area (Å²) >= 11 is 21.5. The maximum atomic E-state index is 5.68. The third-order valence-corrected chi connectivity index (χ3v) is 3.02. The molecule has 0 spiro atoms. The molecule has 0 aromatic heterocycles. The van der Waals surface area contributed by atoms with E-state index in [1.165, 1.54) is 0 Å². The molecule has 2 nitrogen and oxygen atoms in total. The van der Waals surface area contributed by atoms with Crippen molar-refractivity contribution in [3.05, 3.63) is 45.4 Å². The molecule has 0 aliphatic rings. The van der Waals surface area contributed by atoms with Crippen LogP contribution in [-0.4, -0.2) is 11.8 Å². The summed E-state index contributed by atoms with van der Waals surface area (Å²) in [5.41, 5.74) is 1.11. The quantitative estimate of drug-likeness (QED) is 0.851. The molecule has 0 saturated carbocycles. The highest BCUT2D eigenvalue weighted by atomic mass is 35.5. The zero-order chi connectivity index (χ0) is 12.7. The van der Waals surface area contributed by atoms with E-state index in [2.05, 4.69) is 5.32 Å². The normalized spacial score (nSPS) is 9.59. The van der Waals surface area contributed by atoms with Gasteiger partial charge in [-0.25, -0.2) is 0 Å². The first-order valence-corrected chi connectivity index (χ1v) is 6.28. The maximum absolute atomic E-state index is 5.68. The molecule has 0 atom stereocenters. The monoisotopic (exact) mass is 309 g/mol. The van der Waals surface area contributed by atoms with E-state index < -0.39 is 0 Å². The van der Waals surface area contributed by atoms with Gasteiger partial charge in [0.2, 0.25) is 0 Å². The van der Waals surface area contributed by atoms with Crippen LogP contribution in [0.5, 0.6) is 0 Å². The van der Waals surface area contributed by atoms with Crippen LogP contribution in [0, 0.1) is 0 Å².